The molecule has 23 heavy (non-hydrogen) atoms. The van der Waals surface area contributed by atoms with Crippen LogP contribution in [0.3, 0.4) is 0 Å². The molecule has 4 atom stereocenters. The Morgan fingerprint density at radius 1 is 1.43 bits per heavy atom. The topological polar surface area (TPSA) is 190 Å². The van der Waals surface area contributed by atoms with Crippen LogP contribution < -0.4 is 17.0 Å². The molecule has 1 aliphatic rings. The molecule has 1 aliphatic heterocycles. The highest BCUT2D eigenvalue weighted by Crippen LogP contribution is 2.32. The number of hydrogen-bond acceptors (Lipinski definition) is 8. The maximum atomic E-state index is 12.0. The molecule has 0 bridgehead atoms. The summed E-state index contributed by atoms with van der Waals surface area (Å²) in [7, 11) is 0. The molecule has 0 aromatic carbocycles. The zero-order valence-electron chi connectivity index (χ0n) is 11.7. The molecule has 1 unspecified atom stereocenters. The normalized spacial score (nSPS) is 27.6. The summed E-state index contributed by atoms with van der Waals surface area (Å²) >= 11 is 0. The Bertz CT molecular complexity index is 829. The van der Waals surface area contributed by atoms with Crippen molar-refractivity contribution in [2.24, 2.45) is 5.73 Å². The number of hydrogen-bond donors (Lipinski definition) is 6. The molecule has 3 heterocycles. The molecule has 11 nitrogen and oxygen atoms in total. The molecule has 1 fully saturated rings. The molecule has 11 heteroatoms. The lowest BCUT2D eigenvalue weighted by molar-refractivity contribution is -0.0508. The Labute approximate surface area is 128 Å². The molecule has 124 valence electrons. The molecule has 0 radical (unpaired) electrons. The van der Waals surface area contributed by atoms with Gasteiger partial charge in [0.25, 0.3) is 11.5 Å². The van der Waals surface area contributed by atoms with Crippen molar-refractivity contribution in [3.8, 4) is 0 Å². The third-order valence-corrected chi connectivity index (χ3v) is 3.76. The van der Waals surface area contributed by atoms with Crippen molar-refractivity contribution in [3.63, 3.8) is 0 Å². The first-order valence-electron chi connectivity index (χ1n) is 6.67. The first-order valence-corrected chi connectivity index (χ1v) is 6.67. The minimum Gasteiger partial charge on any atom is -0.394 e. The largest absolute Gasteiger partial charge is 0.394 e. The number of carbonyl (C=O) groups excluding carboxylic acids is 1. The van der Waals surface area contributed by atoms with Gasteiger partial charge in [0.2, 0.25) is 5.95 Å². The van der Waals surface area contributed by atoms with Gasteiger partial charge in [-0.05, 0) is 0 Å². The van der Waals surface area contributed by atoms with Gasteiger partial charge in [0.05, 0.1) is 17.6 Å². The summed E-state index contributed by atoms with van der Waals surface area (Å²) in [5.74, 6) is -1.08. The van der Waals surface area contributed by atoms with Crippen LogP contribution in [0.25, 0.3) is 11.0 Å². The third kappa shape index (κ3) is 2.26. The Morgan fingerprint density at radius 2 is 2.13 bits per heavy atom. The summed E-state index contributed by atoms with van der Waals surface area (Å²) in [5.41, 5.74) is 9.92. The van der Waals surface area contributed by atoms with E-state index in [9.17, 15) is 19.8 Å². The van der Waals surface area contributed by atoms with E-state index < -0.39 is 42.6 Å². The van der Waals surface area contributed by atoms with E-state index in [4.69, 9.17) is 21.3 Å². The van der Waals surface area contributed by atoms with Gasteiger partial charge in [0.1, 0.15) is 18.3 Å². The molecule has 1 saturated heterocycles. The van der Waals surface area contributed by atoms with Gasteiger partial charge in [-0.15, -0.1) is 0 Å². The van der Waals surface area contributed by atoms with Gasteiger partial charge in [-0.3, -0.25) is 14.6 Å². The summed E-state index contributed by atoms with van der Waals surface area (Å²) in [5, 5.41) is 29.0. The van der Waals surface area contributed by atoms with E-state index in [2.05, 4.69) is 9.97 Å². The van der Waals surface area contributed by atoms with Crippen molar-refractivity contribution < 1.29 is 24.9 Å². The minimum atomic E-state index is -1.41. The third-order valence-electron chi connectivity index (χ3n) is 3.76. The number of aromatic amines is 1. The van der Waals surface area contributed by atoms with Crippen molar-refractivity contribution in [2.75, 3.05) is 12.3 Å². The van der Waals surface area contributed by atoms with E-state index in [0.29, 0.717) is 0 Å². The molecule has 8 N–H and O–H groups in total. The number of aliphatic hydroxyl groups is 3. The number of aromatic nitrogens is 3. The van der Waals surface area contributed by atoms with Crippen LogP contribution in [0.2, 0.25) is 0 Å². The van der Waals surface area contributed by atoms with Gasteiger partial charge in [-0.1, -0.05) is 0 Å². The minimum absolute atomic E-state index is 0.0325. The van der Waals surface area contributed by atoms with Crippen LogP contribution >= 0.6 is 0 Å². The fraction of sp³-hybridized carbons (Fsp3) is 0.417. The predicted octanol–water partition coefficient (Wildman–Crippen LogP) is -2.98. The average molecular weight is 325 g/mol. The van der Waals surface area contributed by atoms with Crippen LogP contribution in [-0.4, -0.2) is 60.7 Å². The van der Waals surface area contributed by atoms with E-state index in [1.54, 1.807) is 0 Å². The van der Waals surface area contributed by atoms with Crippen molar-refractivity contribution >= 4 is 22.9 Å². The highest BCUT2D eigenvalue weighted by atomic mass is 16.6. The second-order valence-corrected chi connectivity index (χ2v) is 5.19. The zero-order valence-corrected chi connectivity index (χ0v) is 11.7. The lowest BCUT2D eigenvalue weighted by atomic mass is 10.1. The summed E-state index contributed by atoms with van der Waals surface area (Å²) in [6.07, 6.45) is -3.77. The number of nitrogen functional groups attached to an aromatic ring is 1. The predicted molar refractivity (Wildman–Crippen MR) is 76.3 cm³/mol. The number of rotatable bonds is 3. The van der Waals surface area contributed by atoms with Gasteiger partial charge >= 0.3 is 0 Å². The molecule has 0 saturated carbocycles. The monoisotopic (exact) mass is 325 g/mol. The molecular formula is C12H15N5O6. The van der Waals surface area contributed by atoms with E-state index in [-0.39, 0.29) is 22.5 Å². The van der Waals surface area contributed by atoms with E-state index in [1.807, 2.05) is 0 Å². The van der Waals surface area contributed by atoms with Crippen LogP contribution in [0.15, 0.2) is 11.0 Å². The van der Waals surface area contributed by atoms with Gasteiger partial charge in [-0.2, -0.15) is 4.98 Å². The maximum Gasteiger partial charge on any atom is 0.262 e. The van der Waals surface area contributed by atoms with Gasteiger partial charge in [-0.25, -0.2) is 0 Å². The number of amides is 1. The van der Waals surface area contributed by atoms with Crippen molar-refractivity contribution in [2.45, 2.75) is 24.5 Å². The summed E-state index contributed by atoms with van der Waals surface area (Å²) in [6.45, 7) is -0.521. The fourth-order valence-corrected chi connectivity index (χ4v) is 2.66. The molecule has 3 rings (SSSR count). The molecule has 2 aromatic rings. The standard InChI is InChI=1S/C12H15N5O6/c13-8(21)3-1-17(9-5(3)10(22)16-12(14)15-9)11-7(20)6(19)4(2-18)23-11/h1,4,6-7,11,18-20H,2H2,(H2,13,21)(H3,14,15,16,22)/t4-,6-,7-,11?/m1/s1. The molecule has 0 spiro atoms. The SMILES string of the molecule is NC(=O)c1cn(C2O[C@H](CO)[C@@H](O)[C@H]2O)c2nc(N)[nH]c(=O)c12. The van der Waals surface area contributed by atoms with E-state index >= 15 is 0 Å². The summed E-state index contributed by atoms with van der Waals surface area (Å²) in [4.78, 5) is 29.8. The quantitative estimate of drug-likeness (QED) is 0.344. The van der Waals surface area contributed by atoms with E-state index in [1.165, 1.54) is 10.8 Å². The van der Waals surface area contributed by atoms with Gasteiger partial charge in [0.15, 0.2) is 11.9 Å². The van der Waals surface area contributed by atoms with Crippen LogP contribution in [0.5, 0.6) is 0 Å². The van der Waals surface area contributed by atoms with Crippen LogP contribution in [-0.2, 0) is 4.74 Å². The number of nitrogens with one attached hydrogen (secondary N) is 1. The van der Waals surface area contributed by atoms with Gasteiger partial charge in [0, 0.05) is 6.20 Å². The Kier molecular flexibility index (Phi) is 3.56. The number of nitrogens with two attached hydrogens (primary N) is 2. The number of ether oxygens (including phenoxy) is 1. The Morgan fingerprint density at radius 3 is 2.70 bits per heavy atom. The van der Waals surface area contributed by atoms with Crippen LogP contribution in [0.1, 0.15) is 16.6 Å². The van der Waals surface area contributed by atoms with Crippen molar-refractivity contribution in [3.05, 3.63) is 22.1 Å². The Hall–Kier alpha value is -2.47. The number of nitrogens with zero attached hydrogens (tertiary/aromatic N) is 2. The number of aliphatic hydroxyl groups excluding tert-OH is 3. The van der Waals surface area contributed by atoms with Crippen LogP contribution in [0.4, 0.5) is 5.95 Å². The molecule has 0 aliphatic carbocycles. The molecular weight excluding hydrogens is 310 g/mol. The smallest absolute Gasteiger partial charge is 0.262 e. The summed E-state index contributed by atoms with van der Waals surface area (Å²) < 4.78 is 6.55. The number of anilines is 1. The zero-order chi connectivity index (χ0) is 16.9. The first-order chi connectivity index (χ1) is 10.8. The summed E-state index contributed by atoms with van der Waals surface area (Å²) in [6, 6.07) is 0. The van der Waals surface area contributed by atoms with E-state index in [0.717, 1.165) is 0 Å². The number of primary amides is 1. The number of fused-ring (bicyclic) bond motifs is 1. The maximum absolute atomic E-state index is 12.0. The highest BCUT2D eigenvalue weighted by molar-refractivity contribution is 6.05. The average Bonchev–Trinajstić information content (AvgIpc) is 2.99. The number of carbonyl (C=O) groups is 1. The number of H-pyrrole nitrogens is 1. The second-order valence-electron chi connectivity index (χ2n) is 5.19. The Balaban J connectivity index is 2.23. The van der Waals surface area contributed by atoms with Crippen molar-refractivity contribution in [1.29, 1.82) is 0 Å². The molecule has 1 amide bonds. The fourth-order valence-electron chi connectivity index (χ4n) is 2.66. The second kappa shape index (κ2) is 5.31. The molecule has 2 aromatic heterocycles. The first kappa shape index (κ1) is 15.4. The highest BCUT2D eigenvalue weighted by Gasteiger charge is 2.44. The lowest BCUT2D eigenvalue weighted by Gasteiger charge is -2.17. The van der Waals surface area contributed by atoms with Gasteiger partial charge < -0.3 is 36.1 Å². The lowest BCUT2D eigenvalue weighted by Crippen LogP contribution is -2.33. The van der Waals surface area contributed by atoms with Crippen LogP contribution in [0, 0.1) is 0 Å². The van der Waals surface area contributed by atoms with Crippen molar-refractivity contribution in [1.82, 2.24) is 14.5 Å².